The highest BCUT2D eigenvalue weighted by molar-refractivity contribution is 5.73. The van der Waals surface area contributed by atoms with E-state index in [1.54, 1.807) is 0 Å². The summed E-state index contributed by atoms with van der Waals surface area (Å²) in [4.78, 5) is 11.8. The average Bonchev–Trinajstić information content (AvgIpc) is 2.74. The number of ether oxygens (including phenoxy) is 1. The summed E-state index contributed by atoms with van der Waals surface area (Å²) >= 11 is 0. The van der Waals surface area contributed by atoms with E-state index in [-0.39, 0.29) is 11.9 Å². The number of carbonyl (C=O) groups is 1. The van der Waals surface area contributed by atoms with Crippen LogP contribution in [0.3, 0.4) is 0 Å². The van der Waals surface area contributed by atoms with Gasteiger partial charge in [-0.25, -0.2) is 0 Å². The Morgan fingerprint density at radius 1 is 1.40 bits per heavy atom. The van der Waals surface area contributed by atoms with Gasteiger partial charge in [0.1, 0.15) is 0 Å². The minimum Gasteiger partial charge on any atom is -0.466 e. The Morgan fingerprint density at radius 3 is 2.67 bits per heavy atom. The quantitative estimate of drug-likeness (QED) is 0.669. The van der Waals surface area contributed by atoms with Crippen LogP contribution < -0.4 is 0 Å². The van der Waals surface area contributed by atoms with Crippen LogP contribution in [0.4, 0.5) is 0 Å². The van der Waals surface area contributed by atoms with Crippen LogP contribution in [0.5, 0.6) is 0 Å². The zero-order valence-corrected chi connectivity index (χ0v) is 10.0. The Balaban J connectivity index is 2.04. The molecule has 15 heavy (non-hydrogen) atoms. The molecule has 0 aromatic heterocycles. The van der Waals surface area contributed by atoms with E-state index in [1.807, 2.05) is 6.92 Å². The molecule has 0 amide bonds. The Morgan fingerprint density at radius 2 is 2.13 bits per heavy atom. The van der Waals surface area contributed by atoms with E-state index >= 15 is 0 Å². The summed E-state index contributed by atoms with van der Waals surface area (Å²) in [5.74, 6) is 3.20. The lowest BCUT2D eigenvalue weighted by Crippen LogP contribution is -2.25. The molecule has 2 aliphatic carbocycles. The van der Waals surface area contributed by atoms with E-state index < -0.39 is 0 Å². The van der Waals surface area contributed by atoms with Gasteiger partial charge in [0.15, 0.2) is 0 Å². The first kappa shape index (κ1) is 11.0. The standard InChI is InChI=1S/C13H22O2/c1-4-15-13(14)11-7-9-5-6-10(11)12(9)8(2)3/h8-12H,4-7H2,1-3H3. The summed E-state index contributed by atoms with van der Waals surface area (Å²) < 4.78 is 5.17. The van der Waals surface area contributed by atoms with Gasteiger partial charge in [0.2, 0.25) is 0 Å². The van der Waals surface area contributed by atoms with Gasteiger partial charge in [0.25, 0.3) is 0 Å². The summed E-state index contributed by atoms with van der Waals surface area (Å²) in [7, 11) is 0. The number of carbonyl (C=O) groups excluding carboxylic acids is 1. The van der Waals surface area contributed by atoms with Crippen LogP contribution in [0, 0.1) is 29.6 Å². The molecule has 2 saturated carbocycles. The van der Waals surface area contributed by atoms with E-state index in [1.165, 1.54) is 12.8 Å². The summed E-state index contributed by atoms with van der Waals surface area (Å²) in [5.41, 5.74) is 0. The highest BCUT2D eigenvalue weighted by Gasteiger charge is 2.51. The first-order valence-electron chi connectivity index (χ1n) is 6.31. The molecule has 2 rings (SSSR count). The van der Waals surface area contributed by atoms with Crippen molar-refractivity contribution >= 4 is 5.97 Å². The lowest BCUT2D eigenvalue weighted by molar-refractivity contribution is -0.150. The van der Waals surface area contributed by atoms with E-state index in [2.05, 4.69) is 13.8 Å². The number of fused-ring (bicyclic) bond motifs is 2. The maximum Gasteiger partial charge on any atom is 0.309 e. The van der Waals surface area contributed by atoms with Crippen molar-refractivity contribution in [3.8, 4) is 0 Å². The second kappa shape index (κ2) is 4.15. The van der Waals surface area contributed by atoms with E-state index in [0.717, 1.165) is 24.2 Å². The third-order valence-electron chi connectivity index (χ3n) is 4.34. The number of rotatable bonds is 3. The lowest BCUT2D eigenvalue weighted by Gasteiger charge is -2.22. The maximum absolute atomic E-state index is 11.8. The van der Waals surface area contributed by atoms with Gasteiger partial charge in [0.05, 0.1) is 12.5 Å². The van der Waals surface area contributed by atoms with Gasteiger partial charge in [-0.3, -0.25) is 4.79 Å². The van der Waals surface area contributed by atoms with Gasteiger partial charge in [-0.2, -0.15) is 0 Å². The second-order valence-electron chi connectivity index (χ2n) is 5.42. The zero-order valence-electron chi connectivity index (χ0n) is 10.0. The molecule has 2 aliphatic rings. The molecule has 0 aromatic carbocycles. The van der Waals surface area contributed by atoms with Crippen molar-refractivity contribution in [2.75, 3.05) is 6.61 Å². The molecular formula is C13H22O2. The predicted molar refractivity (Wildman–Crippen MR) is 59.3 cm³/mol. The van der Waals surface area contributed by atoms with Gasteiger partial charge in [-0.15, -0.1) is 0 Å². The number of esters is 1. The van der Waals surface area contributed by atoms with Crippen molar-refractivity contribution in [2.45, 2.75) is 40.0 Å². The average molecular weight is 210 g/mol. The van der Waals surface area contributed by atoms with E-state index in [4.69, 9.17) is 4.74 Å². The molecular weight excluding hydrogens is 188 g/mol. The summed E-state index contributed by atoms with van der Waals surface area (Å²) in [6.07, 6.45) is 3.67. The third-order valence-corrected chi connectivity index (χ3v) is 4.34. The van der Waals surface area contributed by atoms with Gasteiger partial charge in [-0.1, -0.05) is 13.8 Å². The first-order valence-corrected chi connectivity index (χ1v) is 6.31. The zero-order chi connectivity index (χ0) is 11.0. The van der Waals surface area contributed by atoms with Crippen molar-refractivity contribution in [1.29, 1.82) is 0 Å². The van der Waals surface area contributed by atoms with Gasteiger partial charge in [0, 0.05) is 0 Å². The topological polar surface area (TPSA) is 26.3 Å². The Hall–Kier alpha value is -0.530. The SMILES string of the molecule is CCOC(=O)C1CC2CCC1C2C(C)C. The van der Waals surface area contributed by atoms with E-state index in [9.17, 15) is 4.79 Å². The largest absolute Gasteiger partial charge is 0.466 e. The summed E-state index contributed by atoms with van der Waals surface area (Å²) in [6, 6.07) is 0. The Bertz CT molecular complexity index is 247. The fraction of sp³-hybridized carbons (Fsp3) is 0.923. The number of hydrogen-bond donors (Lipinski definition) is 0. The van der Waals surface area contributed by atoms with Gasteiger partial charge in [-0.05, 0) is 49.9 Å². The first-order chi connectivity index (χ1) is 7.15. The molecule has 0 saturated heterocycles. The molecule has 0 N–H and O–H groups in total. The van der Waals surface area contributed by atoms with Crippen molar-refractivity contribution in [2.24, 2.45) is 29.6 Å². The van der Waals surface area contributed by atoms with Crippen molar-refractivity contribution in [3.05, 3.63) is 0 Å². The van der Waals surface area contributed by atoms with Crippen LogP contribution >= 0.6 is 0 Å². The van der Waals surface area contributed by atoms with Crippen LogP contribution in [0.15, 0.2) is 0 Å². The monoisotopic (exact) mass is 210 g/mol. The molecule has 2 nitrogen and oxygen atoms in total. The molecule has 86 valence electrons. The highest BCUT2D eigenvalue weighted by atomic mass is 16.5. The lowest BCUT2D eigenvalue weighted by atomic mass is 9.84. The Kier molecular flexibility index (Phi) is 3.03. The van der Waals surface area contributed by atoms with Crippen molar-refractivity contribution in [1.82, 2.24) is 0 Å². The molecule has 0 spiro atoms. The maximum atomic E-state index is 11.8. The fourth-order valence-corrected chi connectivity index (χ4v) is 3.95. The van der Waals surface area contributed by atoms with Crippen LogP contribution in [0.25, 0.3) is 0 Å². The molecule has 0 aromatic rings. The fourth-order valence-electron chi connectivity index (χ4n) is 3.95. The predicted octanol–water partition coefficient (Wildman–Crippen LogP) is 2.87. The van der Waals surface area contributed by atoms with Crippen LogP contribution in [-0.4, -0.2) is 12.6 Å². The molecule has 4 atom stereocenters. The van der Waals surface area contributed by atoms with Crippen LogP contribution in [0.1, 0.15) is 40.0 Å². The molecule has 2 heteroatoms. The Labute approximate surface area is 92.4 Å². The van der Waals surface area contributed by atoms with Crippen LogP contribution in [0.2, 0.25) is 0 Å². The molecule has 0 aliphatic heterocycles. The second-order valence-corrected chi connectivity index (χ2v) is 5.42. The molecule has 0 radical (unpaired) electrons. The van der Waals surface area contributed by atoms with E-state index in [0.29, 0.717) is 12.5 Å². The van der Waals surface area contributed by atoms with Crippen molar-refractivity contribution < 1.29 is 9.53 Å². The smallest absolute Gasteiger partial charge is 0.309 e. The summed E-state index contributed by atoms with van der Waals surface area (Å²) in [6.45, 7) is 7.01. The summed E-state index contributed by atoms with van der Waals surface area (Å²) in [5, 5.41) is 0. The number of hydrogen-bond acceptors (Lipinski definition) is 2. The third kappa shape index (κ3) is 1.79. The minimum atomic E-state index is 0.0651. The van der Waals surface area contributed by atoms with Crippen LogP contribution in [-0.2, 0) is 9.53 Å². The van der Waals surface area contributed by atoms with Gasteiger partial charge < -0.3 is 4.74 Å². The van der Waals surface area contributed by atoms with Crippen molar-refractivity contribution in [3.63, 3.8) is 0 Å². The molecule has 0 heterocycles. The molecule has 2 bridgehead atoms. The highest BCUT2D eigenvalue weighted by Crippen LogP contribution is 2.55. The normalized spacial score (nSPS) is 38.7. The van der Waals surface area contributed by atoms with Gasteiger partial charge >= 0.3 is 5.97 Å². The molecule has 4 unspecified atom stereocenters. The molecule has 2 fully saturated rings. The minimum absolute atomic E-state index is 0.0651.